The molecular formula is C38H58ClN3O5S. The number of nitrogens with zero attached hydrogens (tertiary/aromatic N) is 3. The summed E-state index contributed by atoms with van der Waals surface area (Å²) in [4.78, 5) is 35.0. The molecule has 8 nitrogen and oxygen atoms in total. The van der Waals surface area contributed by atoms with Gasteiger partial charge in [-0.1, -0.05) is 89.6 Å². The molecule has 0 bridgehead atoms. The molecule has 268 valence electrons. The van der Waals surface area contributed by atoms with Crippen molar-refractivity contribution in [3.05, 3.63) is 50.4 Å². The van der Waals surface area contributed by atoms with E-state index in [0.29, 0.717) is 51.4 Å². The Morgan fingerprint density at radius 1 is 1.00 bits per heavy atom. The van der Waals surface area contributed by atoms with Crippen molar-refractivity contribution in [1.82, 2.24) is 14.8 Å². The summed E-state index contributed by atoms with van der Waals surface area (Å²) in [6.45, 7) is 13.8. The minimum Gasteiger partial charge on any atom is -0.466 e. The Kier molecular flexibility index (Phi) is 15.6. The van der Waals surface area contributed by atoms with Crippen molar-refractivity contribution in [2.45, 2.75) is 129 Å². The molecule has 1 spiro atoms. The summed E-state index contributed by atoms with van der Waals surface area (Å²) in [5.74, 6) is -0.134. The number of ether oxygens (including phenoxy) is 3. The maximum Gasteiger partial charge on any atom is 0.308 e. The monoisotopic (exact) mass is 703 g/mol. The quantitative estimate of drug-likeness (QED) is 0.108. The Morgan fingerprint density at radius 3 is 2.38 bits per heavy atom. The zero-order valence-corrected chi connectivity index (χ0v) is 31.4. The average Bonchev–Trinajstić information content (AvgIpc) is 3.58. The number of unbranched alkanes of at least 4 members (excludes halogenated alkanes) is 3. The molecule has 0 saturated carbocycles. The Balaban J connectivity index is 1.32. The summed E-state index contributed by atoms with van der Waals surface area (Å²) in [5.41, 5.74) is 1.95. The van der Waals surface area contributed by atoms with Crippen LogP contribution in [0.25, 0.3) is 0 Å². The predicted octanol–water partition coefficient (Wildman–Crippen LogP) is 8.28. The number of likely N-dealkylation sites (tertiary alicyclic amines) is 1. The van der Waals surface area contributed by atoms with Crippen LogP contribution in [0.5, 0.6) is 0 Å². The first-order chi connectivity index (χ1) is 23.3. The van der Waals surface area contributed by atoms with E-state index in [-0.39, 0.29) is 17.5 Å². The third kappa shape index (κ3) is 11.0. The highest BCUT2D eigenvalue weighted by atomic mass is 35.5. The molecule has 1 aromatic heterocycles. The molecule has 1 amide bonds. The Morgan fingerprint density at radius 2 is 1.71 bits per heavy atom. The molecule has 1 aromatic carbocycles. The van der Waals surface area contributed by atoms with Crippen molar-refractivity contribution in [2.24, 2.45) is 0 Å². The van der Waals surface area contributed by atoms with E-state index in [4.69, 9.17) is 25.8 Å². The maximum absolute atomic E-state index is 13.2. The van der Waals surface area contributed by atoms with Crippen LogP contribution in [-0.2, 0) is 38.4 Å². The van der Waals surface area contributed by atoms with E-state index in [1.807, 2.05) is 10.3 Å². The molecule has 2 saturated heterocycles. The van der Waals surface area contributed by atoms with Crippen LogP contribution in [0.4, 0.5) is 0 Å². The molecule has 2 aliphatic heterocycles. The molecule has 0 aliphatic carbocycles. The summed E-state index contributed by atoms with van der Waals surface area (Å²) < 4.78 is 18.6. The minimum atomic E-state index is -0.497. The van der Waals surface area contributed by atoms with Gasteiger partial charge in [0.2, 0.25) is 0 Å². The zero-order chi connectivity index (χ0) is 34.4. The molecule has 0 N–H and O–H groups in total. The number of aromatic nitrogens is 1. The Bertz CT molecular complexity index is 1290. The number of thiazole rings is 1. The number of hydrogen-bond donors (Lipinski definition) is 0. The normalized spacial score (nSPS) is 16.8. The Labute approximate surface area is 297 Å². The van der Waals surface area contributed by atoms with Crippen LogP contribution in [-0.4, -0.2) is 83.9 Å². The molecular weight excluding hydrogens is 646 g/mol. The van der Waals surface area contributed by atoms with Gasteiger partial charge in [-0.15, -0.1) is 11.3 Å². The van der Waals surface area contributed by atoms with E-state index in [0.717, 1.165) is 111 Å². The van der Waals surface area contributed by atoms with Crippen molar-refractivity contribution in [3.63, 3.8) is 0 Å². The van der Waals surface area contributed by atoms with E-state index in [1.54, 1.807) is 11.3 Å². The number of rotatable bonds is 19. The van der Waals surface area contributed by atoms with Crippen LogP contribution in [0.2, 0.25) is 5.02 Å². The number of hydrogen-bond acceptors (Lipinski definition) is 8. The van der Waals surface area contributed by atoms with Gasteiger partial charge in [-0.25, -0.2) is 4.98 Å². The highest BCUT2D eigenvalue weighted by Gasteiger charge is 2.41. The van der Waals surface area contributed by atoms with Crippen LogP contribution in [0.1, 0.15) is 125 Å². The number of halogens is 1. The lowest BCUT2D eigenvalue weighted by atomic mass is 9.87. The van der Waals surface area contributed by atoms with Gasteiger partial charge in [-0.05, 0) is 56.1 Å². The SMILES string of the molecule is CCCCOC(=O)CC(CCCC)(CCCC)OCCc1cccc(CN2CCC3(CC2)CN(C(=O)c2csc(CC)n2)CCO3)c1Cl. The van der Waals surface area contributed by atoms with Crippen molar-refractivity contribution in [3.8, 4) is 0 Å². The molecule has 0 atom stereocenters. The van der Waals surface area contributed by atoms with Gasteiger partial charge in [0.05, 0.1) is 49.0 Å². The average molecular weight is 704 g/mol. The second kappa shape index (κ2) is 19.4. The van der Waals surface area contributed by atoms with Crippen LogP contribution < -0.4 is 0 Å². The molecule has 4 rings (SSSR count). The first kappa shape index (κ1) is 38.8. The predicted molar refractivity (Wildman–Crippen MR) is 194 cm³/mol. The van der Waals surface area contributed by atoms with E-state index < -0.39 is 5.60 Å². The fourth-order valence-electron chi connectivity index (χ4n) is 6.88. The van der Waals surface area contributed by atoms with E-state index in [9.17, 15) is 9.59 Å². The number of amides is 1. The number of aryl methyl sites for hydroxylation is 1. The zero-order valence-electron chi connectivity index (χ0n) is 29.8. The van der Waals surface area contributed by atoms with Crippen molar-refractivity contribution in [1.29, 1.82) is 0 Å². The molecule has 10 heteroatoms. The lowest BCUT2D eigenvalue weighted by Crippen LogP contribution is -2.58. The molecule has 48 heavy (non-hydrogen) atoms. The minimum absolute atomic E-state index is 0.0171. The number of esters is 1. The van der Waals surface area contributed by atoms with E-state index >= 15 is 0 Å². The van der Waals surface area contributed by atoms with Gasteiger partial charge in [-0.3, -0.25) is 14.5 Å². The third-order valence-corrected chi connectivity index (χ3v) is 11.4. The van der Waals surface area contributed by atoms with Gasteiger partial charge in [0.15, 0.2) is 0 Å². The summed E-state index contributed by atoms with van der Waals surface area (Å²) in [7, 11) is 0. The molecule has 2 aliphatic rings. The number of piperidine rings is 1. The fourth-order valence-corrected chi connectivity index (χ4v) is 7.88. The molecule has 2 fully saturated rings. The lowest BCUT2D eigenvalue weighted by Gasteiger charge is -2.47. The van der Waals surface area contributed by atoms with Gasteiger partial charge in [0.25, 0.3) is 5.91 Å². The molecule has 0 radical (unpaired) electrons. The van der Waals surface area contributed by atoms with Gasteiger partial charge >= 0.3 is 5.97 Å². The molecule has 2 aromatic rings. The number of benzene rings is 1. The van der Waals surface area contributed by atoms with Crippen molar-refractivity contribution < 1.29 is 23.8 Å². The first-order valence-electron chi connectivity index (χ1n) is 18.4. The number of morpholine rings is 1. The third-order valence-electron chi connectivity index (χ3n) is 9.91. The van der Waals surface area contributed by atoms with Crippen LogP contribution in [0, 0.1) is 0 Å². The van der Waals surface area contributed by atoms with Gasteiger partial charge in [0.1, 0.15) is 5.69 Å². The smallest absolute Gasteiger partial charge is 0.308 e. The highest BCUT2D eigenvalue weighted by molar-refractivity contribution is 7.09. The fraction of sp³-hybridized carbons (Fsp3) is 0.711. The number of carbonyl (C=O) groups excluding carboxylic acids is 2. The maximum atomic E-state index is 13.2. The summed E-state index contributed by atoms with van der Waals surface area (Å²) in [6, 6.07) is 6.29. The van der Waals surface area contributed by atoms with Crippen molar-refractivity contribution in [2.75, 3.05) is 46.0 Å². The number of carbonyl (C=O) groups is 2. The van der Waals surface area contributed by atoms with Crippen LogP contribution in [0.3, 0.4) is 0 Å². The van der Waals surface area contributed by atoms with Crippen molar-refractivity contribution >= 4 is 34.8 Å². The van der Waals surface area contributed by atoms with E-state index in [2.05, 4.69) is 55.8 Å². The van der Waals surface area contributed by atoms with Crippen LogP contribution >= 0.6 is 22.9 Å². The molecule has 0 unspecified atom stereocenters. The van der Waals surface area contributed by atoms with Gasteiger partial charge < -0.3 is 19.1 Å². The van der Waals surface area contributed by atoms with Gasteiger partial charge in [-0.2, -0.15) is 0 Å². The largest absolute Gasteiger partial charge is 0.466 e. The standard InChI is InChI=1S/C38H58ClN3O5S/c1-5-9-16-37(17-10-6-2,26-34(43)45-23-11-7-3)46-24-15-30-13-12-14-31(35(30)39)27-41-20-18-38(19-21-41)29-42(22-25-47-38)36(44)32-28-48-33(8-4)40-32/h12-14,28H,5-11,15-27,29H2,1-4H3. The lowest BCUT2D eigenvalue weighted by molar-refractivity contribution is -0.154. The second-order valence-electron chi connectivity index (χ2n) is 13.6. The highest BCUT2D eigenvalue weighted by Crippen LogP contribution is 2.34. The van der Waals surface area contributed by atoms with Crippen LogP contribution in [0.15, 0.2) is 23.6 Å². The summed E-state index contributed by atoms with van der Waals surface area (Å²) in [6.07, 6.45) is 11.3. The summed E-state index contributed by atoms with van der Waals surface area (Å²) >= 11 is 8.59. The molecule has 3 heterocycles. The van der Waals surface area contributed by atoms with E-state index in [1.165, 1.54) is 0 Å². The topological polar surface area (TPSA) is 81.2 Å². The Hall–Kier alpha value is -2.04. The second-order valence-corrected chi connectivity index (χ2v) is 15.0. The van der Waals surface area contributed by atoms with Gasteiger partial charge in [0, 0.05) is 36.6 Å². The first-order valence-corrected chi connectivity index (χ1v) is 19.7. The summed E-state index contributed by atoms with van der Waals surface area (Å²) in [5, 5.41) is 3.68.